The Labute approximate surface area is 128 Å². The molecule has 0 unspecified atom stereocenters. The fourth-order valence-electron chi connectivity index (χ4n) is 1.75. The number of sulfonamides is 1. The Morgan fingerprint density at radius 3 is 2.82 bits per heavy atom. The van der Waals surface area contributed by atoms with Crippen molar-refractivity contribution in [3.8, 4) is 11.4 Å². The lowest BCUT2D eigenvalue weighted by molar-refractivity contribution is 0.0952. The third-order valence-corrected chi connectivity index (χ3v) is 4.41. The molecule has 9 heteroatoms. The van der Waals surface area contributed by atoms with Gasteiger partial charge >= 0.3 is 0 Å². The van der Waals surface area contributed by atoms with Gasteiger partial charge in [0, 0.05) is 31.3 Å². The highest BCUT2D eigenvalue weighted by Crippen LogP contribution is 2.15. The number of amides is 1. The van der Waals surface area contributed by atoms with Crippen LogP contribution < -0.4 is 5.32 Å². The minimum absolute atomic E-state index is 0.215. The van der Waals surface area contributed by atoms with Gasteiger partial charge in [-0.3, -0.25) is 9.89 Å². The van der Waals surface area contributed by atoms with E-state index in [1.807, 2.05) is 6.07 Å². The summed E-state index contributed by atoms with van der Waals surface area (Å²) in [6, 6.07) is 6.93. The van der Waals surface area contributed by atoms with E-state index in [4.69, 9.17) is 0 Å². The van der Waals surface area contributed by atoms with Crippen LogP contribution in [0.1, 0.15) is 10.4 Å². The molecule has 22 heavy (non-hydrogen) atoms. The molecule has 2 aromatic rings. The lowest BCUT2D eigenvalue weighted by atomic mass is 10.1. The maximum absolute atomic E-state index is 12.1. The predicted molar refractivity (Wildman–Crippen MR) is 81.6 cm³/mol. The van der Waals surface area contributed by atoms with E-state index in [1.54, 1.807) is 18.2 Å². The Kier molecular flexibility index (Phi) is 4.88. The molecule has 0 fully saturated rings. The van der Waals surface area contributed by atoms with Gasteiger partial charge in [0.25, 0.3) is 5.91 Å². The number of aromatic amines is 1. The van der Waals surface area contributed by atoms with E-state index in [2.05, 4.69) is 20.5 Å². The molecular weight excluding hydrogens is 306 g/mol. The Morgan fingerprint density at radius 2 is 2.18 bits per heavy atom. The Morgan fingerprint density at radius 1 is 1.41 bits per heavy atom. The molecule has 0 aliphatic carbocycles. The van der Waals surface area contributed by atoms with Gasteiger partial charge in [0.1, 0.15) is 6.33 Å². The first-order valence-corrected chi connectivity index (χ1v) is 8.38. The minimum Gasteiger partial charge on any atom is -0.351 e. The van der Waals surface area contributed by atoms with Crippen molar-refractivity contribution in [1.29, 1.82) is 0 Å². The number of likely N-dealkylation sites (N-methyl/N-ethyl adjacent to an activating group) is 1. The summed E-state index contributed by atoms with van der Waals surface area (Å²) in [5.41, 5.74) is 1.22. The van der Waals surface area contributed by atoms with Gasteiger partial charge in [-0.2, -0.15) is 5.10 Å². The third-order valence-electron chi connectivity index (χ3n) is 3.09. The maximum Gasteiger partial charge on any atom is 0.251 e. The molecule has 0 aliphatic heterocycles. The van der Waals surface area contributed by atoms with E-state index in [1.165, 1.54) is 17.7 Å². The highest BCUT2D eigenvalue weighted by atomic mass is 32.2. The highest BCUT2D eigenvalue weighted by molar-refractivity contribution is 7.88. The molecule has 0 saturated carbocycles. The van der Waals surface area contributed by atoms with E-state index in [9.17, 15) is 13.2 Å². The van der Waals surface area contributed by atoms with Gasteiger partial charge in [-0.25, -0.2) is 17.7 Å². The number of rotatable bonds is 6. The molecule has 0 bridgehead atoms. The summed E-state index contributed by atoms with van der Waals surface area (Å²) in [5, 5.41) is 9.18. The average molecular weight is 323 g/mol. The second-order valence-corrected chi connectivity index (χ2v) is 6.84. The van der Waals surface area contributed by atoms with Crippen LogP contribution in [0.2, 0.25) is 0 Å². The Balaban J connectivity index is 1.97. The SMILES string of the molecule is CN(CCNC(=O)c1cccc(-c2ncn[nH]2)c1)S(C)(=O)=O. The molecule has 0 saturated heterocycles. The summed E-state index contributed by atoms with van der Waals surface area (Å²) in [7, 11) is -1.77. The zero-order valence-corrected chi connectivity index (χ0v) is 13.1. The first-order chi connectivity index (χ1) is 10.4. The molecule has 0 aliphatic rings. The van der Waals surface area contributed by atoms with Crippen LogP contribution in [-0.2, 0) is 10.0 Å². The lowest BCUT2D eigenvalue weighted by Crippen LogP contribution is -2.35. The van der Waals surface area contributed by atoms with Crippen LogP contribution in [0.3, 0.4) is 0 Å². The van der Waals surface area contributed by atoms with E-state index in [-0.39, 0.29) is 19.0 Å². The van der Waals surface area contributed by atoms with Gasteiger partial charge in [0.2, 0.25) is 10.0 Å². The number of hydrogen-bond acceptors (Lipinski definition) is 5. The zero-order chi connectivity index (χ0) is 16.2. The fourth-order valence-corrected chi connectivity index (χ4v) is 2.17. The monoisotopic (exact) mass is 323 g/mol. The average Bonchev–Trinajstić information content (AvgIpc) is 3.00. The quantitative estimate of drug-likeness (QED) is 0.783. The fraction of sp³-hybridized carbons (Fsp3) is 0.308. The smallest absolute Gasteiger partial charge is 0.251 e. The summed E-state index contributed by atoms with van der Waals surface area (Å²) in [5.74, 6) is 0.301. The molecule has 8 nitrogen and oxygen atoms in total. The Hall–Kier alpha value is -2.26. The van der Waals surface area contributed by atoms with Crippen LogP contribution in [-0.4, -0.2) is 60.2 Å². The number of nitrogens with one attached hydrogen (secondary N) is 2. The third kappa shape index (κ3) is 4.12. The molecule has 1 amide bonds. The molecule has 118 valence electrons. The molecule has 2 rings (SSSR count). The van der Waals surface area contributed by atoms with Crippen molar-refractivity contribution >= 4 is 15.9 Å². The van der Waals surface area contributed by atoms with E-state index in [0.29, 0.717) is 11.4 Å². The van der Waals surface area contributed by atoms with Crippen LogP contribution in [0, 0.1) is 0 Å². The first-order valence-electron chi connectivity index (χ1n) is 6.53. The second-order valence-electron chi connectivity index (χ2n) is 4.76. The number of benzene rings is 1. The predicted octanol–water partition coefficient (Wildman–Crippen LogP) is 0.0929. The van der Waals surface area contributed by atoms with Gasteiger partial charge < -0.3 is 5.32 Å². The largest absolute Gasteiger partial charge is 0.351 e. The van der Waals surface area contributed by atoms with Crippen molar-refractivity contribution in [2.45, 2.75) is 0 Å². The van der Waals surface area contributed by atoms with Crippen molar-refractivity contribution in [3.05, 3.63) is 36.2 Å². The van der Waals surface area contributed by atoms with Gasteiger partial charge in [0.15, 0.2) is 5.82 Å². The molecular formula is C13H17N5O3S. The summed E-state index contributed by atoms with van der Waals surface area (Å²) in [4.78, 5) is 16.1. The van der Waals surface area contributed by atoms with E-state index < -0.39 is 10.0 Å². The molecule has 1 heterocycles. The van der Waals surface area contributed by atoms with Crippen LogP contribution in [0.25, 0.3) is 11.4 Å². The summed E-state index contributed by atoms with van der Waals surface area (Å²) >= 11 is 0. The normalized spacial score (nSPS) is 11.6. The van der Waals surface area contributed by atoms with Crippen molar-refractivity contribution < 1.29 is 13.2 Å². The molecule has 2 N–H and O–H groups in total. The highest BCUT2D eigenvalue weighted by Gasteiger charge is 2.12. The standard InChI is InChI=1S/C13H17N5O3S/c1-18(22(2,20)21)7-6-14-13(19)11-5-3-4-10(8-11)12-15-9-16-17-12/h3-5,8-9H,6-7H2,1-2H3,(H,14,19)(H,15,16,17). The first kappa shape index (κ1) is 16.1. The zero-order valence-electron chi connectivity index (χ0n) is 12.3. The van der Waals surface area contributed by atoms with E-state index in [0.717, 1.165) is 11.8 Å². The van der Waals surface area contributed by atoms with Gasteiger partial charge in [-0.05, 0) is 12.1 Å². The van der Waals surface area contributed by atoms with Crippen LogP contribution in [0.15, 0.2) is 30.6 Å². The maximum atomic E-state index is 12.1. The minimum atomic E-state index is -3.24. The van der Waals surface area contributed by atoms with Crippen LogP contribution in [0.4, 0.5) is 0 Å². The number of H-pyrrole nitrogens is 1. The number of hydrogen-bond donors (Lipinski definition) is 2. The van der Waals surface area contributed by atoms with Crippen molar-refractivity contribution in [3.63, 3.8) is 0 Å². The second kappa shape index (κ2) is 6.67. The number of carbonyl (C=O) groups is 1. The van der Waals surface area contributed by atoms with Crippen molar-refractivity contribution in [1.82, 2.24) is 24.8 Å². The van der Waals surface area contributed by atoms with Crippen molar-refractivity contribution in [2.24, 2.45) is 0 Å². The summed E-state index contributed by atoms with van der Waals surface area (Å²) < 4.78 is 23.7. The van der Waals surface area contributed by atoms with Crippen LogP contribution >= 0.6 is 0 Å². The molecule has 0 atom stereocenters. The summed E-state index contributed by atoms with van der Waals surface area (Å²) in [6.07, 6.45) is 2.51. The van der Waals surface area contributed by atoms with Gasteiger partial charge in [0.05, 0.1) is 6.26 Å². The van der Waals surface area contributed by atoms with Crippen LogP contribution in [0.5, 0.6) is 0 Å². The molecule has 1 aromatic heterocycles. The number of aromatic nitrogens is 3. The summed E-state index contributed by atoms with van der Waals surface area (Å²) in [6.45, 7) is 0.446. The number of nitrogens with zero attached hydrogens (tertiary/aromatic N) is 3. The topological polar surface area (TPSA) is 108 Å². The Bertz CT molecular complexity index is 743. The number of carbonyl (C=O) groups excluding carboxylic acids is 1. The molecule has 1 aromatic carbocycles. The molecule has 0 spiro atoms. The van der Waals surface area contributed by atoms with Crippen molar-refractivity contribution in [2.75, 3.05) is 26.4 Å². The molecule has 0 radical (unpaired) electrons. The lowest BCUT2D eigenvalue weighted by Gasteiger charge is -2.14. The van der Waals surface area contributed by atoms with Gasteiger partial charge in [-0.15, -0.1) is 0 Å². The van der Waals surface area contributed by atoms with E-state index >= 15 is 0 Å². The van der Waals surface area contributed by atoms with Gasteiger partial charge in [-0.1, -0.05) is 12.1 Å².